The average molecular weight is 475 g/mol. The highest BCUT2D eigenvalue weighted by molar-refractivity contribution is 9.10. The van der Waals surface area contributed by atoms with E-state index in [9.17, 15) is 9.59 Å². The van der Waals surface area contributed by atoms with E-state index in [4.69, 9.17) is 20.9 Å². The van der Waals surface area contributed by atoms with Crippen LogP contribution in [0.5, 0.6) is 0 Å². The number of rotatable bonds is 7. The van der Waals surface area contributed by atoms with Crippen LogP contribution >= 0.6 is 27.5 Å². The van der Waals surface area contributed by atoms with Crippen molar-refractivity contribution in [2.75, 3.05) is 32.8 Å². The molecule has 10 heteroatoms. The number of hydrogen-bond acceptors (Lipinski definition) is 5. The number of hydrogen-bond donors (Lipinski definition) is 3. The van der Waals surface area contributed by atoms with Crippen LogP contribution in [0.25, 0.3) is 0 Å². The van der Waals surface area contributed by atoms with Crippen LogP contribution in [0.1, 0.15) is 30.6 Å². The number of amides is 2. The molecule has 0 saturated carbocycles. The Kier molecular flexibility index (Phi) is 9.74. The summed E-state index contributed by atoms with van der Waals surface area (Å²) in [5.74, 6) is -0.627. The second kappa shape index (κ2) is 11.8. The van der Waals surface area contributed by atoms with Crippen LogP contribution in [0, 0.1) is 5.92 Å². The van der Waals surface area contributed by atoms with Crippen molar-refractivity contribution in [1.29, 1.82) is 0 Å². The molecule has 7 nitrogen and oxygen atoms in total. The van der Waals surface area contributed by atoms with E-state index in [0.29, 0.717) is 40.6 Å². The summed E-state index contributed by atoms with van der Waals surface area (Å²) in [5.41, 5.74) is 0.373. The third-order valence-corrected chi connectivity index (χ3v) is 5.03. The molecule has 0 unspecified atom stereocenters. The molecule has 1 saturated heterocycles. The molecule has 3 N–H and O–H groups in total. The van der Waals surface area contributed by atoms with Gasteiger partial charge in [0.2, 0.25) is 5.91 Å². The minimum Gasteiger partial charge on any atom is -0.408 e. The summed E-state index contributed by atoms with van der Waals surface area (Å²) in [6.07, 6.45) is 0.706. The van der Waals surface area contributed by atoms with Gasteiger partial charge in [0.25, 0.3) is 5.91 Å². The van der Waals surface area contributed by atoms with Gasteiger partial charge in [-0.15, -0.1) is 0 Å². The van der Waals surface area contributed by atoms with Gasteiger partial charge in [0.1, 0.15) is 0 Å². The van der Waals surface area contributed by atoms with Crippen LogP contribution in [0.2, 0.25) is 5.02 Å². The van der Waals surface area contributed by atoms with Gasteiger partial charge in [0.05, 0.1) is 18.0 Å². The number of carbonyl (C=O) groups excluding carboxylic acids is 2. The van der Waals surface area contributed by atoms with Crippen LogP contribution in [0.4, 0.5) is 0 Å². The molecule has 0 aliphatic carbocycles. The molecule has 154 valence electrons. The summed E-state index contributed by atoms with van der Waals surface area (Å²) in [4.78, 5) is 24.8. The highest BCUT2D eigenvalue weighted by Crippen LogP contribution is 2.21. The van der Waals surface area contributed by atoms with E-state index in [0.717, 1.165) is 13.1 Å². The normalized spacial score (nSPS) is 16.2. The summed E-state index contributed by atoms with van der Waals surface area (Å²) in [6.45, 7) is 6.49. The Hall–Kier alpha value is -1.13. The summed E-state index contributed by atoms with van der Waals surface area (Å²) in [6, 6.07) is 4.91. The van der Waals surface area contributed by atoms with Gasteiger partial charge >= 0.3 is 7.12 Å². The zero-order valence-corrected chi connectivity index (χ0v) is 18.4. The van der Waals surface area contributed by atoms with Gasteiger partial charge in [-0.2, -0.15) is 0 Å². The van der Waals surface area contributed by atoms with E-state index < -0.39 is 7.12 Å². The average Bonchev–Trinajstić information content (AvgIpc) is 2.60. The predicted molar refractivity (Wildman–Crippen MR) is 113 cm³/mol. The molecule has 1 aliphatic heterocycles. The lowest BCUT2D eigenvalue weighted by Gasteiger charge is -2.27. The second-order valence-corrected chi connectivity index (χ2v) is 8.26. The zero-order valence-electron chi connectivity index (χ0n) is 16.1. The van der Waals surface area contributed by atoms with Gasteiger partial charge in [-0.25, -0.2) is 0 Å². The van der Waals surface area contributed by atoms with Crippen molar-refractivity contribution < 1.29 is 18.9 Å². The van der Waals surface area contributed by atoms with Crippen molar-refractivity contribution in [3.8, 4) is 0 Å². The first-order chi connectivity index (χ1) is 13.4. The fraction of sp³-hybridized carbons (Fsp3) is 0.556. The minimum absolute atomic E-state index is 0.152. The van der Waals surface area contributed by atoms with Crippen LogP contribution in [-0.4, -0.2) is 57.7 Å². The van der Waals surface area contributed by atoms with E-state index in [-0.39, 0.29) is 24.3 Å². The lowest BCUT2D eigenvalue weighted by Crippen LogP contribution is -2.53. The topological polar surface area (TPSA) is 88.7 Å². The maximum absolute atomic E-state index is 12.4. The van der Waals surface area contributed by atoms with E-state index in [2.05, 4.69) is 45.7 Å². The quantitative estimate of drug-likeness (QED) is 0.527. The van der Waals surface area contributed by atoms with Gasteiger partial charge in [-0.05, 0) is 46.5 Å². The lowest BCUT2D eigenvalue weighted by molar-refractivity contribution is -0.120. The molecular weight excluding hydrogens is 448 g/mol. The van der Waals surface area contributed by atoms with E-state index >= 15 is 0 Å². The molecule has 1 heterocycles. The molecule has 0 aromatic heterocycles. The van der Waals surface area contributed by atoms with Gasteiger partial charge < -0.3 is 25.3 Å². The fourth-order valence-electron chi connectivity index (χ4n) is 2.83. The minimum atomic E-state index is -0.508. The molecule has 2 amide bonds. The summed E-state index contributed by atoms with van der Waals surface area (Å²) in [5, 5.41) is 9.19. The van der Waals surface area contributed by atoms with Crippen molar-refractivity contribution in [3.63, 3.8) is 0 Å². The highest BCUT2D eigenvalue weighted by atomic mass is 79.9. The molecule has 1 fully saturated rings. The zero-order chi connectivity index (χ0) is 20.5. The van der Waals surface area contributed by atoms with Crippen molar-refractivity contribution in [2.45, 2.75) is 26.2 Å². The fourth-order valence-corrected chi connectivity index (χ4v) is 3.43. The van der Waals surface area contributed by atoms with Crippen molar-refractivity contribution in [2.24, 2.45) is 5.92 Å². The molecule has 0 spiro atoms. The van der Waals surface area contributed by atoms with Gasteiger partial charge in [-0.3, -0.25) is 9.59 Å². The first-order valence-corrected chi connectivity index (χ1v) is 10.5. The van der Waals surface area contributed by atoms with Gasteiger partial charge in [0, 0.05) is 35.8 Å². The number of carbonyl (C=O) groups is 2. The number of nitrogens with one attached hydrogen (secondary N) is 3. The Morgan fingerprint density at radius 2 is 1.96 bits per heavy atom. The first kappa shape index (κ1) is 23.2. The molecule has 1 aromatic rings. The molecule has 1 aromatic carbocycles. The summed E-state index contributed by atoms with van der Waals surface area (Å²) >= 11 is 9.25. The Labute approximate surface area is 179 Å². The van der Waals surface area contributed by atoms with E-state index in [1.807, 2.05) is 0 Å². The second-order valence-electron chi connectivity index (χ2n) is 6.97. The Bertz CT molecular complexity index is 672. The van der Waals surface area contributed by atoms with E-state index in [1.165, 1.54) is 0 Å². The van der Waals surface area contributed by atoms with Gasteiger partial charge in [0.15, 0.2) is 0 Å². The number of benzene rings is 1. The largest absolute Gasteiger partial charge is 0.480 e. The van der Waals surface area contributed by atoms with Gasteiger partial charge in [-0.1, -0.05) is 25.4 Å². The maximum atomic E-state index is 12.4. The summed E-state index contributed by atoms with van der Waals surface area (Å²) in [7, 11) is -0.508. The lowest BCUT2D eigenvalue weighted by atomic mass is 9.73. The predicted octanol–water partition coefficient (Wildman–Crippen LogP) is 2.03. The molecule has 0 radical (unpaired) electrons. The van der Waals surface area contributed by atoms with Crippen LogP contribution < -0.4 is 16.0 Å². The van der Waals surface area contributed by atoms with Crippen LogP contribution in [0.3, 0.4) is 0 Å². The van der Waals surface area contributed by atoms with Crippen LogP contribution in [-0.2, 0) is 14.1 Å². The third-order valence-electron chi connectivity index (χ3n) is 4.10. The molecule has 28 heavy (non-hydrogen) atoms. The Balaban J connectivity index is 1.93. The SMILES string of the molecule is CC(C)C[C@H](NC(=O)CNC(=O)c1cc(Cl)ccc1Br)B1OCCNCCO1. The number of halogens is 2. The highest BCUT2D eigenvalue weighted by Gasteiger charge is 2.33. The monoisotopic (exact) mass is 473 g/mol. The first-order valence-electron chi connectivity index (χ1n) is 9.33. The van der Waals surface area contributed by atoms with E-state index in [1.54, 1.807) is 18.2 Å². The molecular formula is C18H26BBrClN3O4. The van der Waals surface area contributed by atoms with Crippen molar-refractivity contribution in [3.05, 3.63) is 33.3 Å². The molecule has 2 rings (SSSR count). The molecule has 1 aliphatic rings. The van der Waals surface area contributed by atoms with Crippen LogP contribution in [0.15, 0.2) is 22.7 Å². The summed E-state index contributed by atoms with van der Waals surface area (Å²) < 4.78 is 12.1. The standard InChI is InChI=1S/C18H26BBrClN3O4/c1-12(2)9-16(19-27-7-5-22-6-8-28-19)24-17(25)11-23-18(26)14-10-13(21)3-4-15(14)20/h3-4,10,12,16,22H,5-9,11H2,1-2H3,(H,23,26)(H,24,25)/t16-/m0/s1. The molecule has 1 atom stereocenters. The van der Waals surface area contributed by atoms with Crippen molar-refractivity contribution >= 4 is 46.5 Å². The molecule has 0 bridgehead atoms. The maximum Gasteiger partial charge on any atom is 0.480 e. The Morgan fingerprint density at radius 3 is 2.61 bits per heavy atom. The van der Waals surface area contributed by atoms with Crippen molar-refractivity contribution in [1.82, 2.24) is 16.0 Å². The smallest absolute Gasteiger partial charge is 0.408 e. The third kappa shape index (κ3) is 7.71. The Morgan fingerprint density at radius 1 is 1.29 bits per heavy atom.